The first-order chi connectivity index (χ1) is 15.0. The maximum absolute atomic E-state index is 13.1. The SMILES string of the molecule is Nc1ncc(-c2cccc(S(=O)(=O)N3CCCCC3)c2)nc1-c1nc2ccccc2[nH]1. The number of rotatable bonds is 4. The third-order valence-corrected chi connectivity index (χ3v) is 7.39. The molecule has 0 radical (unpaired) electrons. The first-order valence-corrected chi connectivity index (χ1v) is 11.6. The van der Waals surface area contributed by atoms with E-state index < -0.39 is 10.0 Å². The van der Waals surface area contributed by atoms with Crippen molar-refractivity contribution in [3.8, 4) is 22.8 Å². The molecule has 0 aliphatic carbocycles. The van der Waals surface area contributed by atoms with E-state index in [2.05, 4.69) is 19.9 Å². The average molecular weight is 435 g/mol. The quantitative estimate of drug-likeness (QED) is 0.508. The summed E-state index contributed by atoms with van der Waals surface area (Å²) >= 11 is 0. The minimum Gasteiger partial charge on any atom is -0.382 e. The summed E-state index contributed by atoms with van der Waals surface area (Å²) in [7, 11) is -3.54. The van der Waals surface area contributed by atoms with Crippen LogP contribution in [0.15, 0.2) is 59.6 Å². The number of imidazole rings is 1. The molecule has 5 rings (SSSR count). The Hall–Kier alpha value is -3.30. The van der Waals surface area contributed by atoms with Gasteiger partial charge in [0.25, 0.3) is 0 Å². The summed E-state index contributed by atoms with van der Waals surface area (Å²) in [5.41, 5.74) is 9.37. The number of hydrogen-bond acceptors (Lipinski definition) is 6. The second-order valence-electron chi connectivity index (χ2n) is 7.58. The molecule has 1 saturated heterocycles. The maximum atomic E-state index is 13.1. The molecule has 0 unspecified atom stereocenters. The molecule has 158 valence electrons. The Morgan fingerprint density at radius 3 is 2.58 bits per heavy atom. The lowest BCUT2D eigenvalue weighted by atomic mass is 10.1. The van der Waals surface area contributed by atoms with Crippen LogP contribution in [0.1, 0.15) is 19.3 Å². The maximum Gasteiger partial charge on any atom is 0.243 e. The van der Waals surface area contributed by atoms with Crippen LogP contribution in [0.5, 0.6) is 0 Å². The molecule has 0 amide bonds. The van der Waals surface area contributed by atoms with E-state index in [-0.39, 0.29) is 10.7 Å². The van der Waals surface area contributed by atoms with Crippen LogP contribution >= 0.6 is 0 Å². The largest absolute Gasteiger partial charge is 0.382 e. The van der Waals surface area contributed by atoms with E-state index in [1.165, 1.54) is 0 Å². The number of aromatic nitrogens is 4. The van der Waals surface area contributed by atoms with Gasteiger partial charge in [0.05, 0.1) is 27.8 Å². The van der Waals surface area contributed by atoms with Crippen molar-refractivity contribution in [3.63, 3.8) is 0 Å². The molecule has 0 saturated carbocycles. The summed E-state index contributed by atoms with van der Waals surface area (Å²) in [4.78, 5) is 17.0. The molecule has 8 nitrogen and oxygen atoms in total. The molecule has 4 aromatic rings. The fraction of sp³-hybridized carbons (Fsp3) is 0.227. The number of nitrogens with zero attached hydrogens (tertiary/aromatic N) is 4. The van der Waals surface area contributed by atoms with Gasteiger partial charge in [0, 0.05) is 18.7 Å². The third-order valence-electron chi connectivity index (χ3n) is 5.50. The van der Waals surface area contributed by atoms with E-state index in [0.29, 0.717) is 35.9 Å². The molecule has 0 spiro atoms. The summed E-state index contributed by atoms with van der Waals surface area (Å²) in [5.74, 6) is 0.769. The van der Waals surface area contributed by atoms with E-state index in [9.17, 15) is 8.42 Å². The predicted octanol–water partition coefficient (Wildman–Crippen LogP) is 3.44. The van der Waals surface area contributed by atoms with Crippen LogP contribution in [0.2, 0.25) is 0 Å². The monoisotopic (exact) mass is 434 g/mol. The number of para-hydroxylation sites is 2. The highest BCUT2D eigenvalue weighted by atomic mass is 32.2. The predicted molar refractivity (Wildman–Crippen MR) is 120 cm³/mol. The Labute approximate surface area is 180 Å². The van der Waals surface area contributed by atoms with Gasteiger partial charge in [-0.15, -0.1) is 0 Å². The number of anilines is 1. The zero-order chi connectivity index (χ0) is 21.4. The van der Waals surface area contributed by atoms with Gasteiger partial charge in [-0.05, 0) is 37.1 Å². The third kappa shape index (κ3) is 3.66. The van der Waals surface area contributed by atoms with E-state index in [0.717, 1.165) is 30.3 Å². The zero-order valence-corrected chi connectivity index (χ0v) is 17.6. The van der Waals surface area contributed by atoms with Gasteiger partial charge in [-0.25, -0.2) is 23.4 Å². The Balaban J connectivity index is 1.54. The van der Waals surface area contributed by atoms with Crippen molar-refractivity contribution >= 4 is 26.9 Å². The lowest BCUT2D eigenvalue weighted by molar-refractivity contribution is 0.346. The Morgan fingerprint density at radius 2 is 1.77 bits per heavy atom. The van der Waals surface area contributed by atoms with Crippen molar-refractivity contribution in [1.82, 2.24) is 24.2 Å². The molecule has 2 aromatic heterocycles. The normalized spacial score (nSPS) is 15.4. The summed E-state index contributed by atoms with van der Waals surface area (Å²) in [5, 5.41) is 0. The van der Waals surface area contributed by atoms with Crippen LogP contribution in [0.3, 0.4) is 0 Å². The van der Waals surface area contributed by atoms with Crippen molar-refractivity contribution < 1.29 is 8.42 Å². The number of piperidine rings is 1. The number of benzene rings is 2. The molecule has 1 aliphatic rings. The highest BCUT2D eigenvalue weighted by Gasteiger charge is 2.26. The van der Waals surface area contributed by atoms with E-state index in [1.54, 1.807) is 28.7 Å². The second kappa shape index (κ2) is 7.75. The van der Waals surface area contributed by atoms with Crippen LogP contribution in [0.4, 0.5) is 5.82 Å². The number of H-pyrrole nitrogens is 1. The van der Waals surface area contributed by atoms with Gasteiger partial charge in [-0.3, -0.25) is 0 Å². The number of hydrogen-bond donors (Lipinski definition) is 2. The van der Waals surface area contributed by atoms with E-state index in [4.69, 9.17) is 5.73 Å². The van der Waals surface area contributed by atoms with Crippen LogP contribution in [0, 0.1) is 0 Å². The minimum atomic E-state index is -3.54. The minimum absolute atomic E-state index is 0.250. The summed E-state index contributed by atoms with van der Waals surface area (Å²) in [6, 6.07) is 14.5. The number of aromatic amines is 1. The van der Waals surface area contributed by atoms with Crippen molar-refractivity contribution in [2.24, 2.45) is 0 Å². The molecule has 1 aliphatic heterocycles. The van der Waals surface area contributed by atoms with E-state index >= 15 is 0 Å². The number of nitrogen functional groups attached to an aromatic ring is 1. The lowest BCUT2D eigenvalue weighted by Crippen LogP contribution is -2.35. The number of nitrogens with two attached hydrogens (primary N) is 1. The zero-order valence-electron chi connectivity index (χ0n) is 16.8. The fourth-order valence-electron chi connectivity index (χ4n) is 3.85. The Morgan fingerprint density at radius 1 is 0.968 bits per heavy atom. The van der Waals surface area contributed by atoms with Gasteiger partial charge in [0.15, 0.2) is 11.6 Å². The molecular formula is C22H22N6O2S. The summed E-state index contributed by atoms with van der Waals surface area (Å²) in [6.07, 6.45) is 4.40. The topological polar surface area (TPSA) is 118 Å². The molecular weight excluding hydrogens is 412 g/mol. The van der Waals surface area contributed by atoms with Gasteiger partial charge in [-0.2, -0.15) is 4.31 Å². The number of fused-ring (bicyclic) bond motifs is 1. The second-order valence-corrected chi connectivity index (χ2v) is 9.52. The van der Waals surface area contributed by atoms with Crippen molar-refractivity contribution in [2.75, 3.05) is 18.8 Å². The molecule has 0 atom stereocenters. The molecule has 2 aromatic carbocycles. The standard InChI is InChI=1S/C22H22N6O2S/c23-21-20(22-26-17-9-2-3-10-18(17)27-22)25-19(14-24-21)15-7-6-8-16(13-15)31(29,30)28-11-4-1-5-12-28/h2-3,6-10,13-14H,1,4-5,11-12H2,(H2,23,24)(H,26,27). The summed E-state index contributed by atoms with van der Waals surface area (Å²) in [6.45, 7) is 1.12. The van der Waals surface area contributed by atoms with Crippen LogP contribution in [0.25, 0.3) is 33.8 Å². The molecule has 3 N–H and O–H groups in total. The fourth-order valence-corrected chi connectivity index (χ4v) is 5.41. The van der Waals surface area contributed by atoms with Gasteiger partial charge < -0.3 is 10.7 Å². The lowest BCUT2D eigenvalue weighted by Gasteiger charge is -2.26. The van der Waals surface area contributed by atoms with Crippen LogP contribution in [-0.4, -0.2) is 45.7 Å². The molecule has 31 heavy (non-hydrogen) atoms. The number of nitrogens with one attached hydrogen (secondary N) is 1. The van der Waals surface area contributed by atoms with Crippen molar-refractivity contribution in [1.29, 1.82) is 0 Å². The number of sulfonamides is 1. The van der Waals surface area contributed by atoms with Gasteiger partial charge in [0.1, 0.15) is 5.69 Å². The first-order valence-electron chi connectivity index (χ1n) is 10.2. The highest BCUT2D eigenvalue weighted by Crippen LogP contribution is 2.28. The molecule has 0 bridgehead atoms. The van der Waals surface area contributed by atoms with E-state index in [1.807, 2.05) is 30.3 Å². The Kier molecular flexibility index (Phi) is 4.91. The average Bonchev–Trinajstić information content (AvgIpc) is 3.24. The molecule has 9 heteroatoms. The van der Waals surface area contributed by atoms with Gasteiger partial charge >= 0.3 is 0 Å². The smallest absolute Gasteiger partial charge is 0.243 e. The van der Waals surface area contributed by atoms with Gasteiger partial charge in [0.2, 0.25) is 10.0 Å². The first kappa shape index (κ1) is 19.7. The van der Waals surface area contributed by atoms with Crippen LogP contribution < -0.4 is 5.73 Å². The summed E-state index contributed by atoms with van der Waals surface area (Å²) < 4.78 is 27.7. The molecule has 1 fully saturated rings. The van der Waals surface area contributed by atoms with Crippen molar-refractivity contribution in [2.45, 2.75) is 24.2 Å². The van der Waals surface area contributed by atoms with Gasteiger partial charge in [-0.1, -0.05) is 30.7 Å². The molecule has 3 heterocycles. The highest BCUT2D eigenvalue weighted by molar-refractivity contribution is 7.89. The van der Waals surface area contributed by atoms with Crippen molar-refractivity contribution in [3.05, 3.63) is 54.7 Å². The Bertz CT molecular complexity index is 1330. The van der Waals surface area contributed by atoms with Crippen LogP contribution in [-0.2, 0) is 10.0 Å².